The van der Waals surface area contributed by atoms with E-state index in [2.05, 4.69) is 20.0 Å². The molecule has 0 unspecified atom stereocenters. The van der Waals surface area contributed by atoms with Gasteiger partial charge in [-0.3, -0.25) is 0 Å². The lowest BCUT2D eigenvalue weighted by Crippen LogP contribution is -2.15. The summed E-state index contributed by atoms with van der Waals surface area (Å²) in [5.74, 6) is 0.859. The largest absolute Gasteiger partial charge is 0.497 e. The number of hydrogen-bond donors (Lipinski definition) is 2. The average molecular weight is 398 g/mol. The second kappa shape index (κ2) is 8.26. The Morgan fingerprint density at radius 2 is 1.64 bits per heavy atom. The summed E-state index contributed by atoms with van der Waals surface area (Å²) >= 11 is 0. The third-order valence-corrected chi connectivity index (χ3v) is 5.35. The maximum absolute atomic E-state index is 12.6. The highest BCUT2D eigenvalue weighted by Gasteiger charge is 2.16. The second-order valence-electron chi connectivity index (χ2n) is 6.31. The third-order valence-electron chi connectivity index (χ3n) is 4.00. The van der Waals surface area contributed by atoms with Crippen LogP contribution < -0.4 is 14.8 Å². The van der Waals surface area contributed by atoms with Gasteiger partial charge in [0.25, 0.3) is 10.0 Å². The number of hydrogen-bond acceptors (Lipinski definition) is 6. The minimum atomic E-state index is -3.76. The molecular weight excluding hydrogens is 376 g/mol. The number of nitrogens with zero attached hydrogens (tertiary/aromatic N) is 2. The SMILES string of the molecule is COc1cccc(CNc2ccc(S(=O)(=O)Nc3nc(C)cc(C)n3)cc2)c1. The van der Waals surface area contributed by atoms with E-state index < -0.39 is 10.0 Å². The second-order valence-corrected chi connectivity index (χ2v) is 7.99. The highest BCUT2D eigenvalue weighted by atomic mass is 32.2. The summed E-state index contributed by atoms with van der Waals surface area (Å²) in [5, 5.41) is 3.26. The molecule has 0 atom stereocenters. The van der Waals surface area contributed by atoms with E-state index in [1.807, 2.05) is 24.3 Å². The molecule has 146 valence electrons. The molecule has 1 heterocycles. The van der Waals surface area contributed by atoms with E-state index in [1.54, 1.807) is 51.3 Å². The van der Waals surface area contributed by atoms with Crippen LogP contribution in [0.25, 0.3) is 0 Å². The van der Waals surface area contributed by atoms with Gasteiger partial charge in [0.05, 0.1) is 12.0 Å². The Labute approximate surface area is 164 Å². The average Bonchev–Trinajstić information content (AvgIpc) is 2.65. The Hall–Kier alpha value is -3.13. The zero-order chi connectivity index (χ0) is 20.1. The zero-order valence-corrected chi connectivity index (χ0v) is 16.7. The van der Waals surface area contributed by atoms with Gasteiger partial charge in [-0.1, -0.05) is 12.1 Å². The smallest absolute Gasteiger partial charge is 0.264 e. The molecule has 0 radical (unpaired) electrons. The van der Waals surface area contributed by atoms with E-state index in [0.29, 0.717) is 17.9 Å². The fourth-order valence-corrected chi connectivity index (χ4v) is 3.63. The molecule has 0 saturated heterocycles. The van der Waals surface area contributed by atoms with Crippen molar-refractivity contribution in [3.05, 3.63) is 71.5 Å². The van der Waals surface area contributed by atoms with Gasteiger partial charge >= 0.3 is 0 Å². The predicted octanol–water partition coefficient (Wildman–Crippen LogP) is 3.51. The first-order chi connectivity index (χ1) is 13.4. The van der Waals surface area contributed by atoms with Crippen LogP contribution in [-0.2, 0) is 16.6 Å². The van der Waals surface area contributed by atoms with Crippen molar-refractivity contribution in [1.29, 1.82) is 0 Å². The highest BCUT2D eigenvalue weighted by Crippen LogP contribution is 2.18. The van der Waals surface area contributed by atoms with Gasteiger partial charge in [0, 0.05) is 23.6 Å². The molecule has 0 aliphatic carbocycles. The van der Waals surface area contributed by atoms with Gasteiger partial charge in [0.15, 0.2) is 0 Å². The standard InChI is InChI=1S/C20H22N4O3S/c1-14-11-15(2)23-20(22-14)24-28(25,26)19-9-7-17(8-10-19)21-13-16-5-4-6-18(12-16)27-3/h4-12,21H,13H2,1-3H3,(H,22,23,24). The molecular formula is C20H22N4O3S. The fraction of sp³-hybridized carbons (Fsp3) is 0.200. The lowest BCUT2D eigenvalue weighted by Gasteiger charge is -2.10. The Morgan fingerprint density at radius 1 is 0.964 bits per heavy atom. The maximum Gasteiger partial charge on any atom is 0.264 e. The van der Waals surface area contributed by atoms with Crippen LogP contribution in [0.2, 0.25) is 0 Å². The van der Waals surface area contributed by atoms with Gasteiger partial charge in [-0.05, 0) is 61.9 Å². The van der Waals surface area contributed by atoms with Gasteiger partial charge in [0.1, 0.15) is 5.75 Å². The van der Waals surface area contributed by atoms with Crippen LogP contribution in [-0.4, -0.2) is 25.5 Å². The molecule has 0 spiro atoms. The highest BCUT2D eigenvalue weighted by molar-refractivity contribution is 7.92. The van der Waals surface area contributed by atoms with Crippen molar-refractivity contribution in [2.75, 3.05) is 17.1 Å². The topological polar surface area (TPSA) is 93.2 Å². The van der Waals surface area contributed by atoms with Gasteiger partial charge in [-0.15, -0.1) is 0 Å². The first kappa shape index (κ1) is 19.6. The van der Waals surface area contributed by atoms with Crippen LogP contribution in [0.5, 0.6) is 5.75 Å². The van der Waals surface area contributed by atoms with Gasteiger partial charge in [-0.2, -0.15) is 0 Å². The van der Waals surface area contributed by atoms with Crippen LogP contribution in [0.1, 0.15) is 17.0 Å². The molecule has 2 aromatic carbocycles. The lowest BCUT2D eigenvalue weighted by atomic mass is 10.2. The number of aromatic nitrogens is 2. The number of aryl methyl sites for hydroxylation is 2. The number of rotatable bonds is 7. The normalized spacial score (nSPS) is 11.1. The quantitative estimate of drug-likeness (QED) is 0.633. The number of benzene rings is 2. The molecule has 0 saturated carbocycles. The fourth-order valence-electron chi connectivity index (χ4n) is 2.69. The van der Waals surface area contributed by atoms with Crippen molar-refractivity contribution < 1.29 is 13.2 Å². The first-order valence-electron chi connectivity index (χ1n) is 8.68. The molecule has 0 fully saturated rings. The van der Waals surface area contributed by atoms with Crippen molar-refractivity contribution in [3.63, 3.8) is 0 Å². The minimum absolute atomic E-state index is 0.0673. The molecule has 3 rings (SSSR count). The molecule has 0 bridgehead atoms. The molecule has 0 aliphatic heterocycles. The Balaban J connectivity index is 1.68. The van der Waals surface area contributed by atoms with Crippen LogP contribution >= 0.6 is 0 Å². The van der Waals surface area contributed by atoms with Gasteiger partial charge < -0.3 is 10.1 Å². The van der Waals surface area contributed by atoms with Gasteiger partial charge in [-0.25, -0.2) is 23.1 Å². The maximum atomic E-state index is 12.6. The summed E-state index contributed by atoms with van der Waals surface area (Å²) in [7, 11) is -2.13. The van der Waals surface area contributed by atoms with Crippen LogP contribution in [0.4, 0.5) is 11.6 Å². The molecule has 1 aromatic heterocycles. The van der Waals surface area contributed by atoms with E-state index in [1.165, 1.54) is 0 Å². The molecule has 8 heteroatoms. The molecule has 3 aromatic rings. The van der Waals surface area contributed by atoms with Crippen LogP contribution in [0.15, 0.2) is 59.5 Å². The number of anilines is 2. The Kier molecular flexibility index (Phi) is 5.79. The zero-order valence-electron chi connectivity index (χ0n) is 15.9. The summed E-state index contributed by atoms with van der Waals surface area (Å²) in [6.45, 7) is 4.17. The van der Waals surface area contributed by atoms with E-state index in [-0.39, 0.29) is 10.8 Å². The summed E-state index contributed by atoms with van der Waals surface area (Å²) in [6.07, 6.45) is 0. The van der Waals surface area contributed by atoms with Crippen LogP contribution in [0.3, 0.4) is 0 Å². The van der Waals surface area contributed by atoms with Crippen molar-refractivity contribution in [3.8, 4) is 5.75 Å². The molecule has 7 nitrogen and oxygen atoms in total. The van der Waals surface area contributed by atoms with Crippen molar-refractivity contribution in [2.24, 2.45) is 0 Å². The number of sulfonamides is 1. The van der Waals surface area contributed by atoms with Crippen molar-refractivity contribution in [1.82, 2.24) is 9.97 Å². The Bertz CT molecular complexity index is 1050. The van der Waals surface area contributed by atoms with E-state index in [4.69, 9.17) is 4.74 Å². The van der Waals surface area contributed by atoms with Crippen molar-refractivity contribution >= 4 is 21.7 Å². The Morgan fingerprint density at radius 3 is 2.29 bits per heavy atom. The van der Waals surface area contributed by atoms with E-state index in [9.17, 15) is 8.42 Å². The minimum Gasteiger partial charge on any atom is -0.497 e. The molecule has 2 N–H and O–H groups in total. The molecule has 0 aliphatic rings. The number of ether oxygens (including phenoxy) is 1. The summed E-state index contributed by atoms with van der Waals surface area (Å²) in [5.41, 5.74) is 3.26. The van der Waals surface area contributed by atoms with Gasteiger partial charge in [0.2, 0.25) is 5.95 Å². The molecule has 0 amide bonds. The monoisotopic (exact) mass is 398 g/mol. The summed E-state index contributed by atoms with van der Waals surface area (Å²) in [6, 6.07) is 16.0. The number of methoxy groups -OCH3 is 1. The summed E-state index contributed by atoms with van der Waals surface area (Å²) in [4.78, 5) is 8.37. The predicted molar refractivity (Wildman–Crippen MR) is 109 cm³/mol. The van der Waals surface area contributed by atoms with Crippen LogP contribution in [0, 0.1) is 13.8 Å². The lowest BCUT2D eigenvalue weighted by molar-refractivity contribution is 0.414. The van der Waals surface area contributed by atoms with E-state index in [0.717, 1.165) is 17.0 Å². The molecule has 28 heavy (non-hydrogen) atoms. The summed E-state index contributed by atoms with van der Waals surface area (Å²) < 4.78 is 32.8. The van der Waals surface area contributed by atoms with Crippen molar-refractivity contribution in [2.45, 2.75) is 25.3 Å². The third kappa shape index (κ3) is 4.98. The first-order valence-corrected chi connectivity index (χ1v) is 10.2. The number of nitrogens with one attached hydrogen (secondary N) is 2. The van der Waals surface area contributed by atoms with E-state index >= 15 is 0 Å².